The van der Waals surface area contributed by atoms with Crippen molar-refractivity contribution in [3.63, 3.8) is 0 Å². The summed E-state index contributed by atoms with van der Waals surface area (Å²) in [6, 6.07) is 19.3. The lowest BCUT2D eigenvalue weighted by molar-refractivity contribution is 0.0951. The van der Waals surface area contributed by atoms with Crippen LogP contribution < -0.4 is 15.0 Å². The van der Waals surface area contributed by atoms with Gasteiger partial charge in [-0.2, -0.15) is 4.68 Å². The minimum Gasteiger partial charge on any atom is -0.497 e. The summed E-state index contributed by atoms with van der Waals surface area (Å²) >= 11 is 0. The van der Waals surface area contributed by atoms with E-state index in [2.05, 4.69) is 42.5 Å². The standard InChI is InChI=1S/C26H29N7O2/c1-35-23-11-9-21(10-12-23)32-18-16-31(17-19-32)15-3-14-28-26(34)20-5-7-22(8-6-20)33-25-24(29-30-33)4-2-13-27-25/h2,4-13H,3,14-19H2,1H3,(H,28,34). The molecule has 2 aromatic carbocycles. The van der Waals surface area contributed by atoms with E-state index in [9.17, 15) is 4.79 Å². The summed E-state index contributed by atoms with van der Waals surface area (Å²) in [5.74, 6) is 0.814. The summed E-state index contributed by atoms with van der Waals surface area (Å²) < 4.78 is 6.92. The third-order valence-corrected chi connectivity index (χ3v) is 6.33. The average Bonchev–Trinajstić information content (AvgIpc) is 3.36. The molecule has 9 nitrogen and oxygen atoms in total. The summed E-state index contributed by atoms with van der Waals surface area (Å²) in [5.41, 5.74) is 4.10. The molecule has 180 valence electrons. The lowest BCUT2D eigenvalue weighted by Gasteiger charge is -2.36. The number of nitrogens with one attached hydrogen (secondary N) is 1. The molecule has 0 aliphatic carbocycles. The maximum absolute atomic E-state index is 12.6. The summed E-state index contributed by atoms with van der Waals surface area (Å²) in [4.78, 5) is 21.8. The number of carbonyl (C=O) groups is 1. The fourth-order valence-electron chi connectivity index (χ4n) is 4.32. The van der Waals surface area contributed by atoms with Crippen LogP contribution in [0.15, 0.2) is 66.9 Å². The van der Waals surface area contributed by atoms with Gasteiger partial charge in [-0.3, -0.25) is 9.69 Å². The highest BCUT2D eigenvalue weighted by Crippen LogP contribution is 2.20. The molecule has 1 amide bonds. The molecule has 2 aromatic heterocycles. The Kier molecular flexibility index (Phi) is 6.85. The molecule has 1 aliphatic heterocycles. The molecule has 0 radical (unpaired) electrons. The summed E-state index contributed by atoms with van der Waals surface area (Å²) in [6.07, 6.45) is 2.63. The number of aromatic nitrogens is 4. The van der Waals surface area contributed by atoms with Gasteiger partial charge in [0.25, 0.3) is 5.91 Å². The molecule has 1 aliphatic rings. The second kappa shape index (κ2) is 10.5. The first-order chi connectivity index (χ1) is 17.2. The maximum Gasteiger partial charge on any atom is 0.251 e. The topological polar surface area (TPSA) is 88.4 Å². The van der Waals surface area contributed by atoms with E-state index in [1.165, 1.54) is 5.69 Å². The van der Waals surface area contributed by atoms with E-state index in [-0.39, 0.29) is 5.91 Å². The van der Waals surface area contributed by atoms with Crippen molar-refractivity contribution in [1.82, 2.24) is 30.2 Å². The zero-order chi connectivity index (χ0) is 24.0. The van der Waals surface area contributed by atoms with E-state index >= 15 is 0 Å². The first-order valence-electron chi connectivity index (χ1n) is 11.9. The average molecular weight is 472 g/mol. The number of nitrogens with zero attached hydrogens (tertiary/aromatic N) is 6. The Bertz CT molecular complexity index is 1260. The Labute approximate surface area is 204 Å². The molecular weight excluding hydrogens is 442 g/mol. The molecule has 1 saturated heterocycles. The first-order valence-corrected chi connectivity index (χ1v) is 11.9. The van der Waals surface area contributed by atoms with Gasteiger partial charge in [-0.1, -0.05) is 5.21 Å². The van der Waals surface area contributed by atoms with E-state index in [4.69, 9.17) is 4.74 Å². The van der Waals surface area contributed by atoms with Crippen molar-refractivity contribution in [3.05, 3.63) is 72.4 Å². The van der Waals surface area contributed by atoms with Crippen LogP contribution in [0.5, 0.6) is 5.75 Å². The van der Waals surface area contributed by atoms with Gasteiger partial charge in [0.2, 0.25) is 0 Å². The smallest absolute Gasteiger partial charge is 0.251 e. The SMILES string of the molecule is COc1ccc(N2CCN(CCCNC(=O)c3ccc(-n4nnc5cccnc54)cc3)CC2)cc1. The van der Waals surface area contributed by atoms with Gasteiger partial charge in [-0.25, -0.2) is 4.98 Å². The van der Waals surface area contributed by atoms with E-state index in [1.807, 2.05) is 36.4 Å². The molecule has 4 aromatic rings. The molecule has 1 fully saturated rings. The van der Waals surface area contributed by atoms with E-state index in [1.54, 1.807) is 30.1 Å². The number of amides is 1. The number of pyridine rings is 1. The first kappa shape index (κ1) is 22.8. The van der Waals surface area contributed by atoms with Crippen molar-refractivity contribution in [3.8, 4) is 11.4 Å². The van der Waals surface area contributed by atoms with Crippen LogP contribution in [0.2, 0.25) is 0 Å². The molecular formula is C26H29N7O2. The minimum atomic E-state index is -0.0672. The Hall–Kier alpha value is -3.98. The van der Waals surface area contributed by atoms with Crippen molar-refractivity contribution in [2.75, 3.05) is 51.3 Å². The molecule has 1 N–H and O–H groups in total. The second-order valence-corrected chi connectivity index (χ2v) is 8.53. The van der Waals surface area contributed by atoms with Gasteiger partial charge >= 0.3 is 0 Å². The Morgan fingerprint density at radius 3 is 2.46 bits per heavy atom. The zero-order valence-electron chi connectivity index (χ0n) is 19.8. The molecule has 0 atom stereocenters. The minimum absolute atomic E-state index is 0.0672. The summed E-state index contributed by atoms with van der Waals surface area (Å²) in [6.45, 7) is 5.67. The Morgan fingerprint density at radius 2 is 1.71 bits per heavy atom. The van der Waals surface area contributed by atoms with Crippen LogP contribution in [-0.4, -0.2) is 77.2 Å². The number of methoxy groups -OCH3 is 1. The van der Waals surface area contributed by atoms with E-state index in [0.717, 1.165) is 56.1 Å². The third-order valence-electron chi connectivity index (χ3n) is 6.33. The molecule has 9 heteroatoms. The van der Waals surface area contributed by atoms with Crippen LogP contribution in [-0.2, 0) is 0 Å². The molecule has 35 heavy (non-hydrogen) atoms. The molecule has 5 rings (SSSR count). The Balaban J connectivity index is 1.05. The van der Waals surface area contributed by atoms with Crippen molar-refractivity contribution in [2.45, 2.75) is 6.42 Å². The zero-order valence-corrected chi connectivity index (χ0v) is 19.8. The van der Waals surface area contributed by atoms with Crippen molar-refractivity contribution in [2.24, 2.45) is 0 Å². The lowest BCUT2D eigenvalue weighted by atomic mass is 10.2. The summed E-state index contributed by atoms with van der Waals surface area (Å²) in [5, 5.41) is 11.3. The Morgan fingerprint density at radius 1 is 0.971 bits per heavy atom. The quantitative estimate of drug-likeness (QED) is 0.395. The van der Waals surface area contributed by atoms with Crippen molar-refractivity contribution in [1.29, 1.82) is 0 Å². The second-order valence-electron chi connectivity index (χ2n) is 8.53. The maximum atomic E-state index is 12.6. The monoisotopic (exact) mass is 471 g/mol. The number of piperazine rings is 1. The van der Waals surface area contributed by atoms with Gasteiger partial charge < -0.3 is 15.0 Å². The fourth-order valence-corrected chi connectivity index (χ4v) is 4.32. The van der Waals surface area contributed by atoms with Gasteiger partial charge in [-0.15, -0.1) is 5.10 Å². The van der Waals surface area contributed by atoms with Crippen molar-refractivity contribution < 1.29 is 9.53 Å². The van der Waals surface area contributed by atoms with Crippen LogP contribution in [0.1, 0.15) is 16.8 Å². The number of rotatable bonds is 8. The number of ether oxygens (including phenoxy) is 1. The van der Waals surface area contributed by atoms with Gasteiger partial charge in [0, 0.05) is 50.2 Å². The van der Waals surface area contributed by atoms with Crippen LogP contribution in [0.3, 0.4) is 0 Å². The number of hydrogen-bond donors (Lipinski definition) is 1. The number of carbonyl (C=O) groups excluding carboxylic acids is 1. The van der Waals surface area contributed by atoms with Gasteiger partial charge in [0.1, 0.15) is 11.3 Å². The fraction of sp³-hybridized carbons (Fsp3) is 0.308. The van der Waals surface area contributed by atoms with E-state index in [0.29, 0.717) is 17.8 Å². The van der Waals surface area contributed by atoms with Crippen LogP contribution in [0, 0.1) is 0 Å². The number of hydrogen-bond acceptors (Lipinski definition) is 7. The third kappa shape index (κ3) is 5.25. The van der Waals surface area contributed by atoms with Crippen LogP contribution in [0.25, 0.3) is 16.9 Å². The highest BCUT2D eigenvalue weighted by molar-refractivity contribution is 5.94. The number of benzene rings is 2. The lowest BCUT2D eigenvalue weighted by Crippen LogP contribution is -2.47. The predicted octanol–water partition coefficient (Wildman–Crippen LogP) is 2.77. The molecule has 3 heterocycles. The molecule has 0 unspecified atom stereocenters. The predicted molar refractivity (Wildman–Crippen MR) is 135 cm³/mol. The van der Waals surface area contributed by atoms with Gasteiger partial charge in [-0.05, 0) is 73.6 Å². The van der Waals surface area contributed by atoms with Crippen molar-refractivity contribution >= 4 is 22.8 Å². The number of fused-ring (bicyclic) bond motifs is 1. The highest BCUT2D eigenvalue weighted by atomic mass is 16.5. The van der Waals surface area contributed by atoms with Gasteiger partial charge in [0.05, 0.1) is 12.8 Å². The number of anilines is 1. The molecule has 0 spiro atoms. The molecule has 0 bridgehead atoms. The molecule has 0 saturated carbocycles. The van der Waals surface area contributed by atoms with Gasteiger partial charge in [0.15, 0.2) is 5.65 Å². The largest absolute Gasteiger partial charge is 0.497 e. The van der Waals surface area contributed by atoms with Crippen LogP contribution >= 0.6 is 0 Å². The summed E-state index contributed by atoms with van der Waals surface area (Å²) in [7, 11) is 1.69. The van der Waals surface area contributed by atoms with Crippen LogP contribution in [0.4, 0.5) is 5.69 Å². The normalized spacial score (nSPS) is 14.3. The highest BCUT2D eigenvalue weighted by Gasteiger charge is 2.17. The van der Waals surface area contributed by atoms with E-state index < -0.39 is 0 Å².